The summed E-state index contributed by atoms with van der Waals surface area (Å²) in [5.74, 6) is -2.48. The lowest BCUT2D eigenvalue weighted by Gasteiger charge is -2.41. The number of amides is 2. The number of carbonyl (C=O) groups is 3. The maximum Gasteiger partial charge on any atom is 0.313 e. The first-order valence-corrected chi connectivity index (χ1v) is 13.7. The molecule has 0 aromatic rings. The second-order valence-corrected chi connectivity index (χ2v) is 11.1. The molecular formula is C28H42N2O6. The van der Waals surface area contributed by atoms with Gasteiger partial charge in [-0.25, -0.2) is 0 Å². The minimum Gasteiger partial charge on any atom is -0.465 e. The average Bonchev–Trinajstić information content (AvgIpc) is 3.20. The summed E-state index contributed by atoms with van der Waals surface area (Å²) in [4.78, 5) is 45.3. The molecule has 4 heterocycles. The number of hydrogen-bond acceptors (Lipinski definition) is 6. The SMILES string of the molecule is CCCCCN1CC=C[C@]23O[C@@]4(CC)C=CCCOC(=O)[C@H]4[C@H]2C(=O)N([C@@H](CO)CC(C)C)C3C1=O. The molecule has 0 radical (unpaired) electrons. The van der Waals surface area contributed by atoms with Crippen molar-refractivity contribution < 1.29 is 29.0 Å². The van der Waals surface area contributed by atoms with E-state index >= 15 is 0 Å². The molecule has 8 nitrogen and oxygen atoms in total. The molecule has 0 aromatic carbocycles. The van der Waals surface area contributed by atoms with Gasteiger partial charge in [-0.15, -0.1) is 0 Å². The minimum atomic E-state index is -1.30. The second kappa shape index (κ2) is 10.7. The molecule has 8 heteroatoms. The molecule has 1 unspecified atom stereocenters. The number of hydrogen-bond donors (Lipinski definition) is 1. The average molecular weight is 503 g/mol. The van der Waals surface area contributed by atoms with E-state index in [9.17, 15) is 19.5 Å². The first kappa shape index (κ1) is 26.9. The number of fused-ring (bicyclic) bond motifs is 2. The number of aliphatic hydroxyl groups is 1. The molecule has 1 spiro atoms. The van der Waals surface area contributed by atoms with E-state index < -0.39 is 41.1 Å². The van der Waals surface area contributed by atoms with Crippen LogP contribution in [-0.4, -0.2) is 82.3 Å². The van der Waals surface area contributed by atoms with Gasteiger partial charge in [-0.3, -0.25) is 14.4 Å². The molecule has 2 saturated heterocycles. The minimum absolute atomic E-state index is 0.174. The summed E-state index contributed by atoms with van der Waals surface area (Å²) in [6.07, 6.45) is 12.2. The van der Waals surface area contributed by atoms with Gasteiger partial charge >= 0.3 is 5.97 Å². The van der Waals surface area contributed by atoms with Gasteiger partial charge in [0.05, 0.1) is 25.2 Å². The van der Waals surface area contributed by atoms with E-state index in [-0.39, 0.29) is 30.9 Å². The fourth-order valence-corrected chi connectivity index (χ4v) is 6.68. The second-order valence-electron chi connectivity index (χ2n) is 11.1. The van der Waals surface area contributed by atoms with Gasteiger partial charge in [0.2, 0.25) is 11.8 Å². The fraction of sp³-hybridized carbons (Fsp3) is 0.750. The highest BCUT2D eigenvalue weighted by Gasteiger charge is 2.75. The highest BCUT2D eigenvalue weighted by atomic mass is 16.6. The first-order chi connectivity index (χ1) is 17.3. The molecule has 36 heavy (non-hydrogen) atoms. The predicted molar refractivity (Wildman–Crippen MR) is 135 cm³/mol. The van der Waals surface area contributed by atoms with Crippen molar-refractivity contribution in [3.8, 4) is 0 Å². The van der Waals surface area contributed by atoms with Crippen molar-refractivity contribution in [1.82, 2.24) is 9.80 Å². The van der Waals surface area contributed by atoms with Gasteiger partial charge in [0.15, 0.2) is 0 Å². The van der Waals surface area contributed by atoms with Crippen LogP contribution in [0.1, 0.15) is 66.2 Å². The zero-order valence-electron chi connectivity index (χ0n) is 22.2. The highest BCUT2D eigenvalue weighted by molar-refractivity contribution is 5.99. The number of cyclic esters (lactones) is 1. The normalized spacial score (nSPS) is 34.7. The van der Waals surface area contributed by atoms with E-state index in [1.165, 1.54) is 0 Å². The largest absolute Gasteiger partial charge is 0.465 e. The van der Waals surface area contributed by atoms with Crippen molar-refractivity contribution in [2.24, 2.45) is 17.8 Å². The monoisotopic (exact) mass is 502 g/mol. The number of carbonyl (C=O) groups excluding carboxylic acids is 3. The number of unbranched alkanes of at least 4 members (excludes halogenated alkanes) is 2. The maximum absolute atomic E-state index is 14.3. The van der Waals surface area contributed by atoms with Gasteiger partial charge in [0.1, 0.15) is 23.2 Å². The molecule has 4 aliphatic rings. The van der Waals surface area contributed by atoms with Crippen molar-refractivity contribution >= 4 is 17.8 Å². The molecule has 2 fully saturated rings. The van der Waals surface area contributed by atoms with E-state index in [2.05, 4.69) is 6.92 Å². The number of nitrogens with zero attached hydrogens (tertiary/aromatic N) is 2. The summed E-state index contributed by atoms with van der Waals surface area (Å²) < 4.78 is 12.5. The molecule has 0 aromatic heterocycles. The van der Waals surface area contributed by atoms with E-state index in [0.29, 0.717) is 32.4 Å². The summed E-state index contributed by atoms with van der Waals surface area (Å²) in [5, 5.41) is 10.4. The lowest BCUT2D eigenvalue weighted by atomic mass is 9.73. The first-order valence-electron chi connectivity index (χ1n) is 13.7. The molecule has 0 bridgehead atoms. The van der Waals surface area contributed by atoms with Crippen LogP contribution in [0, 0.1) is 17.8 Å². The Labute approximate surface area is 214 Å². The van der Waals surface area contributed by atoms with Crippen LogP contribution in [0.4, 0.5) is 0 Å². The van der Waals surface area contributed by atoms with Crippen LogP contribution < -0.4 is 0 Å². The molecule has 1 N–H and O–H groups in total. The van der Waals surface area contributed by atoms with Crippen LogP contribution in [0.15, 0.2) is 24.3 Å². The predicted octanol–water partition coefficient (Wildman–Crippen LogP) is 2.85. The third-order valence-corrected chi connectivity index (χ3v) is 8.30. The van der Waals surface area contributed by atoms with Gasteiger partial charge in [-0.2, -0.15) is 0 Å². The van der Waals surface area contributed by atoms with Gasteiger partial charge in [0, 0.05) is 13.1 Å². The van der Waals surface area contributed by atoms with Crippen molar-refractivity contribution in [2.45, 2.75) is 89.5 Å². The Kier molecular flexibility index (Phi) is 7.95. The summed E-state index contributed by atoms with van der Waals surface area (Å²) >= 11 is 0. The number of aliphatic hydroxyl groups excluding tert-OH is 1. The van der Waals surface area contributed by atoms with E-state index in [1.807, 2.05) is 45.1 Å². The number of likely N-dealkylation sites (tertiary alicyclic amines) is 1. The van der Waals surface area contributed by atoms with Gasteiger partial charge < -0.3 is 24.4 Å². The smallest absolute Gasteiger partial charge is 0.313 e. The van der Waals surface area contributed by atoms with E-state index in [0.717, 1.165) is 19.3 Å². The van der Waals surface area contributed by atoms with Crippen LogP contribution in [-0.2, 0) is 23.9 Å². The molecule has 200 valence electrons. The van der Waals surface area contributed by atoms with Crippen LogP contribution >= 0.6 is 0 Å². The Morgan fingerprint density at radius 1 is 1.08 bits per heavy atom. The Morgan fingerprint density at radius 3 is 2.53 bits per heavy atom. The molecular weight excluding hydrogens is 460 g/mol. The Balaban J connectivity index is 1.85. The maximum atomic E-state index is 14.3. The summed E-state index contributed by atoms with van der Waals surface area (Å²) in [6.45, 7) is 9.13. The standard InChI is InChI=1S/C28H42N2O6/c1-5-7-9-14-29-15-11-13-28-21(22-26(34)35-16-10-8-12-27(22,6-2)36-28)24(32)30(23(28)25(29)33)20(18-31)17-19(3)4/h8,11-13,19-23,31H,5-7,9-10,14-18H2,1-4H3/t20-,21+,22-,23?,27+,28+/m1/s1. The van der Waals surface area contributed by atoms with Gasteiger partial charge in [-0.05, 0) is 31.6 Å². The summed E-state index contributed by atoms with van der Waals surface area (Å²) in [5.41, 5.74) is -2.33. The number of rotatable bonds is 9. The van der Waals surface area contributed by atoms with Crippen molar-refractivity contribution in [2.75, 3.05) is 26.3 Å². The molecule has 4 aliphatic heterocycles. The van der Waals surface area contributed by atoms with Crippen LogP contribution in [0.2, 0.25) is 0 Å². The van der Waals surface area contributed by atoms with Crippen LogP contribution in [0.25, 0.3) is 0 Å². The zero-order valence-corrected chi connectivity index (χ0v) is 22.2. The molecule has 0 aliphatic carbocycles. The van der Waals surface area contributed by atoms with Crippen LogP contribution in [0.3, 0.4) is 0 Å². The third kappa shape index (κ3) is 4.30. The van der Waals surface area contributed by atoms with E-state index in [1.54, 1.807) is 9.80 Å². The van der Waals surface area contributed by atoms with Crippen molar-refractivity contribution in [3.05, 3.63) is 24.3 Å². The Morgan fingerprint density at radius 2 is 1.86 bits per heavy atom. The number of esters is 1. The zero-order chi connectivity index (χ0) is 26.1. The molecule has 2 amide bonds. The lowest BCUT2D eigenvalue weighted by Crippen LogP contribution is -2.59. The third-order valence-electron chi connectivity index (χ3n) is 8.30. The summed E-state index contributed by atoms with van der Waals surface area (Å²) in [7, 11) is 0. The molecule has 0 saturated carbocycles. The van der Waals surface area contributed by atoms with Crippen molar-refractivity contribution in [3.63, 3.8) is 0 Å². The van der Waals surface area contributed by atoms with Crippen molar-refractivity contribution in [1.29, 1.82) is 0 Å². The number of ether oxygens (including phenoxy) is 2. The molecule has 6 atom stereocenters. The molecule has 4 rings (SSSR count). The Hall–Kier alpha value is -2.19. The van der Waals surface area contributed by atoms with Gasteiger partial charge in [-0.1, -0.05) is 64.8 Å². The van der Waals surface area contributed by atoms with Crippen LogP contribution in [0.5, 0.6) is 0 Å². The van der Waals surface area contributed by atoms with Gasteiger partial charge in [0.25, 0.3) is 0 Å². The quantitative estimate of drug-likeness (QED) is 0.296. The lowest BCUT2D eigenvalue weighted by molar-refractivity contribution is -0.163. The highest BCUT2D eigenvalue weighted by Crippen LogP contribution is 2.58. The van der Waals surface area contributed by atoms with E-state index in [4.69, 9.17) is 9.47 Å². The Bertz CT molecular complexity index is 916. The topological polar surface area (TPSA) is 96.4 Å². The fourth-order valence-electron chi connectivity index (χ4n) is 6.68. The summed E-state index contributed by atoms with van der Waals surface area (Å²) in [6, 6.07) is -1.48.